The Kier molecular flexibility index (Phi) is 10.9. The molecule has 1 heterocycles. The Morgan fingerprint density at radius 1 is 1.23 bits per heavy atom. The molecule has 1 aromatic rings. The fourth-order valence-electron chi connectivity index (χ4n) is 3.02. The lowest BCUT2D eigenvalue weighted by atomic mass is 9.88. The molecular formula is C19H33IN4OS. The lowest BCUT2D eigenvalue weighted by Crippen LogP contribution is -2.57. The molecule has 0 radical (unpaired) electrons. The van der Waals surface area contributed by atoms with Crippen molar-refractivity contribution >= 4 is 41.7 Å². The number of nitrogens with one attached hydrogen (secondary N) is 2. The van der Waals surface area contributed by atoms with Gasteiger partial charge in [-0.25, -0.2) is 0 Å². The minimum absolute atomic E-state index is 0. The van der Waals surface area contributed by atoms with Crippen LogP contribution in [-0.2, 0) is 4.74 Å². The molecule has 1 aliphatic rings. The third kappa shape index (κ3) is 7.25. The van der Waals surface area contributed by atoms with E-state index >= 15 is 0 Å². The molecule has 2 rings (SSSR count). The van der Waals surface area contributed by atoms with Gasteiger partial charge in [-0.1, -0.05) is 25.1 Å². The number of hydrogen-bond acceptors (Lipinski definition) is 4. The van der Waals surface area contributed by atoms with Gasteiger partial charge in [0.05, 0.1) is 0 Å². The van der Waals surface area contributed by atoms with Crippen LogP contribution in [0, 0.1) is 0 Å². The minimum Gasteiger partial charge on any atom is -0.381 e. The van der Waals surface area contributed by atoms with Crippen molar-refractivity contribution in [2.45, 2.75) is 35.4 Å². The number of likely N-dealkylation sites (N-methyl/N-ethyl adjacent to an activating group) is 1. The van der Waals surface area contributed by atoms with Gasteiger partial charge < -0.3 is 20.3 Å². The van der Waals surface area contributed by atoms with Crippen molar-refractivity contribution in [3.8, 4) is 0 Å². The van der Waals surface area contributed by atoms with E-state index in [1.165, 1.54) is 4.90 Å². The molecule has 1 aliphatic heterocycles. The lowest BCUT2D eigenvalue weighted by Gasteiger charge is -2.43. The Morgan fingerprint density at radius 2 is 1.88 bits per heavy atom. The molecule has 148 valence electrons. The number of ether oxygens (including phenoxy) is 1. The largest absolute Gasteiger partial charge is 0.381 e. The van der Waals surface area contributed by atoms with Crippen molar-refractivity contribution in [3.63, 3.8) is 0 Å². The standard InChI is InChI=1S/C19H32N4OS.HI/c1-16(25-17-8-6-5-7-9-17)14-21-18(20-2)22-15-19(23(3)4)10-12-24-13-11-19;/h5-9,16H,10-15H2,1-4H3,(H2,20,21,22);1H. The first-order chi connectivity index (χ1) is 12.1. The maximum absolute atomic E-state index is 5.54. The average Bonchev–Trinajstić information content (AvgIpc) is 2.63. The van der Waals surface area contributed by atoms with E-state index in [4.69, 9.17) is 4.74 Å². The Bertz CT molecular complexity index is 536. The summed E-state index contributed by atoms with van der Waals surface area (Å²) in [6.45, 7) is 5.64. The van der Waals surface area contributed by atoms with Crippen molar-refractivity contribution < 1.29 is 4.74 Å². The van der Waals surface area contributed by atoms with Crippen LogP contribution in [-0.4, -0.2) is 69.1 Å². The first kappa shape index (κ1) is 23.5. The van der Waals surface area contributed by atoms with E-state index in [1.54, 1.807) is 0 Å². The van der Waals surface area contributed by atoms with Crippen LogP contribution in [0.1, 0.15) is 19.8 Å². The molecule has 26 heavy (non-hydrogen) atoms. The number of halogens is 1. The second kappa shape index (κ2) is 12.0. The zero-order chi connectivity index (χ0) is 18.1. The molecule has 5 nitrogen and oxygen atoms in total. The van der Waals surface area contributed by atoms with Crippen molar-refractivity contribution in [2.24, 2.45) is 4.99 Å². The zero-order valence-corrected chi connectivity index (χ0v) is 19.5. The number of rotatable bonds is 7. The van der Waals surface area contributed by atoms with Gasteiger partial charge in [0.15, 0.2) is 5.96 Å². The molecule has 1 saturated heterocycles. The molecule has 1 aromatic carbocycles. The molecule has 0 aromatic heterocycles. The van der Waals surface area contributed by atoms with Gasteiger partial charge in [-0.15, -0.1) is 35.7 Å². The summed E-state index contributed by atoms with van der Waals surface area (Å²) in [4.78, 5) is 8.00. The van der Waals surface area contributed by atoms with Crippen molar-refractivity contribution in [3.05, 3.63) is 30.3 Å². The topological polar surface area (TPSA) is 48.9 Å². The third-order valence-corrected chi connectivity index (χ3v) is 5.93. The summed E-state index contributed by atoms with van der Waals surface area (Å²) in [5.41, 5.74) is 0.139. The number of nitrogens with zero attached hydrogens (tertiary/aromatic N) is 2. The number of thioether (sulfide) groups is 1. The summed E-state index contributed by atoms with van der Waals surface area (Å²) in [6, 6.07) is 10.5. The molecule has 0 aliphatic carbocycles. The van der Waals surface area contributed by atoms with Crippen LogP contribution in [0.25, 0.3) is 0 Å². The van der Waals surface area contributed by atoms with Crippen LogP contribution in [0.2, 0.25) is 0 Å². The van der Waals surface area contributed by atoms with E-state index in [0.717, 1.165) is 45.1 Å². The van der Waals surface area contributed by atoms with Gasteiger partial charge in [0.25, 0.3) is 0 Å². The lowest BCUT2D eigenvalue weighted by molar-refractivity contribution is -0.00500. The normalized spacial score (nSPS) is 18.1. The quantitative estimate of drug-likeness (QED) is 0.265. The van der Waals surface area contributed by atoms with Crippen LogP contribution in [0.4, 0.5) is 0 Å². The van der Waals surface area contributed by atoms with Crippen LogP contribution >= 0.6 is 35.7 Å². The maximum Gasteiger partial charge on any atom is 0.191 e. The molecule has 0 saturated carbocycles. The summed E-state index contributed by atoms with van der Waals surface area (Å²) < 4.78 is 5.54. The first-order valence-corrected chi connectivity index (χ1v) is 9.85. The molecule has 1 fully saturated rings. The van der Waals surface area contributed by atoms with Crippen LogP contribution in [0.3, 0.4) is 0 Å². The molecular weight excluding hydrogens is 459 g/mol. The highest BCUT2D eigenvalue weighted by Crippen LogP contribution is 2.25. The van der Waals surface area contributed by atoms with Crippen molar-refractivity contribution in [2.75, 3.05) is 47.4 Å². The van der Waals surface area contributed by atoms with Crippen LogP contribution in [0.15, 0.2) is 40.2 Å². The van der Waals surface area contributed by atoms with Gasteiger partial charge in [-0.05, 0) is 39.1 Å². The molecule has 0 bridgehead atoms. The van der Waals surface area contributed by atoms with Gasteiger partial charge in [0, 0.05) is 49.0 Å². The second-order valence-corrected chi connectivity index (χ2v) is 8.29. The van der Waals surface area contributed by atoms with E-state index in [-0.39, 0.29) is 29.5 Å². The van der Waals surface area contributed by atoms with Gasteiger partial charge in [-0.3, -0.25) is 4.99 Å². The molecule has 1 atom stereocenters. The Balaban J connectivity index is 0.00000338. The van der Waals surface area contributed by atoms with E-state index in [9.17, 15) is 0 Å². The van der Waals surface area contributed by atoms with Gasteiger partial charge in [0.2, 0.25) is 0 Å². The minimum atomic E-state index is 0. The highest BCUT2D eigenvalue weighted by atomic mass is 127. The first-order valence-electron chi connectivity index (χ1n) is 8.97. The predicted molar refractivity (Wildman–Crippen MR) is 123 cm³/mol. The van der Waals surface area contributed by atoms with Gasteiger partial charge in [-0.2, -0.15) is 0 Å². The fourth-order valence-corrected chi connectivity index (χ4v) is 3.96. The van der Waals surface area contributed by atoms with Crippen LogP contribution < -0.4 is 10.6 Å². The number of aliphatic imine (C=N–C) groups is 1. The maximum atomic E-state index is 5.54. The molecule has 1 unspecified atom stereocenters. The Labute approximate surface area is 179 Å². The summed E-state index contributed by atoms with van der Waals surface area (Å²) in [7, 11) is 6.14. The summed E-state index contributed by atoms with van der Waals surface area (Å²) >= 11 is 1.88. The Hall–Kier alpha value is -0.510. The third-order valence-electron chi connectivity index (χ3n) is 4.82. The summed E-state index contributed by atoms with van der Waals surface area (Å²) in [5.74, 6) is 0.869. The summed E-state index contributed by atoms with van der Waals surface area (Å²) in [5, 5.41) is 7.43. The summed E-state index contributed by atoms with van der Waals surface area (Å²) in [6.07, 6.45) is 2.09. The van der Waals surface area contributed by atoms with E-state index in [0.29, 0.717) is 5.25 Å². The molecule has 2 N–H and O–H groups in total. The van der Waals surface area contributed by atoms with Gasteiger partial charge in [0.1, 0.15) is 0 Å². The highest BCUT2D eigenvalue weighted by Gasteiger charge is 2.34. The molecule has 0 spiro atoms. The highest BCUT2D eigenvalue weighted by molar-refractivity contribution is 14.0. The van der Waals surface area contributed by atoms with E-state index < -0.39 is 0 Å². The SMILES string of the molecule is CN=C(NCC(C)Sc1ccccc1)NCC1(N(C)C)CCOCC1.I. The van der Waals surface area contributed by atoms with Crippen molar-refractivity contribution in [1.82, 2.24) is 15.5 Å². The predicted octanol–water partition coefficient (Wildman–Crippen LogP) is 3.06. The van der Waals surface area contributed by atoms with Crippen LogP contribution in [0.5, 0.6) is 0 Å². The Morgan fingerprint density at radius 3 is 2.46 bits per heavy atom. The van der Waals surface area contributed by atoms with E-state index in [2.05, 4.69) is 71.9 Å². The number of guanidine groups is 1. The number of hydrogen-bond donors (Lipinski definition) is 2. The van der Waals surface area contributed by atoms with Crippen molar-refractivity contribution in [1.29, 1.82) is 0 Å². The molecule has 0 amide bonds. The fraction of sp³-hybridized carbons (Fsp3) is 0.632. The monoisotopic (exact) mass is 492 g/mol. The second-order valence-electron chi connectivity index (χ2n) is 6.78. The average molecular weight is 492 g/mol. The van der Waals surface area contributed by atoms with E-state index in [1.807, 2.05) is 18.8 Å². The smallest absolute Gasteiger partial charge is 0.191 e. The molecule has 7 heteroatoms. The zero-order valence-electron chi connectivity index (χ0n) is 16.3. The van der Waals surface area contributed by atoms with Gasteiger partial charge >= 0.3 is 0 Å². The number of benzene rings is 1.